The second-order valence-corrected chi connectivity index (χ2v) is 6.12. The minimum atomic E-state index is -0.646. The van der Waals surface area contributed by atoms with Gasteiger partial charge in [-0.2, -0.15) is 0 Å². The van der Waals surface area contributed by atoms with Crippen LogP contribution in [-0.4, -0.2) is 35.3 Å². The Morgan fingerprint density at radius 3 is 2.57 bits per heavy atom. The molecule has 0 spiro atoms. The Balaban J connectivity index is 1.92. The van der Waals surface area contributed by atoms with E-state index in [2.05, 4.69) is 26.2 Å². The van der Waals surface area contributed by atoms with Crippen molar-refractivity contribution in [1.82, 2.24) is 9.88 Å². The number of hydrogen-bond acceptors (Lipinski definition) is 3. The average molecular weight is 376 g/mol. The molecule has 23 heavy (non-hydrogen) atoms. The number of hydrogen-bond donors (Lipinski definition) is 1. The highest BCUT2D eigenvalue weighted by atomic mass is 79.9. The number of carbonyl (C=O) groups excluding carboxylic acids is 2. The van der Waals surface area contributed by atoms with Gasteiger partial charge in [0.05, 0.1) is 5.69 Å². The van der Waals surface area contributed by atoms with E-state index in [1.54, 1.807) is 25.5 Å². The standard InChI is InChI=1S/C17H18BrN3O2/c1-12-3-4-15(14(18)11-12)20-16(22)17(23)21(2)10-7-13-5-8-19-9-6-13/h3-6,8-9,11H,7,10H2,1-2H3,(H,20,22). The van der Waals surface area contributed by atoms with Crippen molar-refractivity contribution in [2.24, 2.45) is 0 Å². The minimum absolute atomic E-state index is 0.464. The number of rotatable bonds is 4. The molecule has 1 aromatic carbocycles. The predicted molar refractivity (Wildman–Crippen MR) is 93.1 cm³/mol. The highest BCUT2D eigenvalue weighted by Gasteiger charge is 2.19. The van der Waals surface area contributed by atoms with Crippen molar-refractivity contribution in [3.8, 4) is 0 Å². The van der Waals surface area contributed by atoms with Crippen molar-refractivity contribution in [1.29, 1.82) is 0 Å². The zero-order chi connectivity index (χ0) is 16.8. The van der Waals surface area contributed by atoms with Crippen LogP contribution in [0.15, 0.2) is 47.2 Å². The zero-order valence-corrected chi connectivity index (χ0v) is 14.6. The van der Waals surface area contributed by atoms with Gasteiger partial charge in [-0.05, 0) is 64.7 Å². The second-order valence-electron chi connectivity index (χ2n) is 5.27. The van der Waals surface area contributed by atoms with Crippen LogP contribution in [0.1, 0.15) is 11.1 Å². The molecule has 1 heterocycles. The predicted octanol–water partition coefficient (Wildman–Crippen LogP) is 2.79. The van der Waals surface area contributed by atoms with Gasteiger partial charge in [0.1, 0.15) is 0 Å². The first-order valence-corrected chi connectivity index (χ1v) is 7.98. The number of carbonyl (C=O) groups is 2. The molecule has 5 nitrogen and oxygen atoms in total. The van der Waals surface area contributed by atoms with Crippen molar-refractivity contribution >= 4 is 33.4 Å². The average Bonchev–Trinajstić information content (AvgIpc) is 2.55. The lowest BCUT2D eigenvalue weighted by Crippen LogP contribution is -2.38. The molecule has 0 aliphatic carbocycles. The Morgan fingerprint density at radius 2 is 1.91 bits per heavy atom. The van der Waals surface area contributed by atoms with Gasteiger partial charge in [0.25, 0.3) is 0 Å². The largest absolute Gasteiger partial charge is 0.337 e. The van der Waals surface area contributed by atoms with Crippen molar-refractivity contribution in [2.45, 2.75) is 13.3 Å². The molecular formula is C17H18BrN3O2. The molecule has 2 aromatic rings. The van der Waals surface area contributed by atoms with Crippen LogP contribution in [0.4, 0.5) is 5.69 Å². The number of anilines is 1. The quantitative estimate of drug-likeness (QED) is 0.835. The molecule has 2 amide bonds. The van der Waals surface area contributed by atoms with E-state index in [0.29, 0.717) is 18.7 Å². The summed E-state index contributed by atoms with van der Waals surface area (Å²) in [7, 11) is 1.62. The van der Waals surface area contributed by atoms with Crippen molar-refractivity contribution in [2.75, 3.05) is 18.9 Å². The number of aryl methyl sites for hydroxylation is 1. The first-order chi connectivity index (χ1) is 11.0. The molecule has 0 fully saturated rings. The van der Waals surface area contributed by atoms with Gasteiger partial charge in [0.2, 0.25) is 0 Å². The summed E-state index contributed by atoms with van der Waals surface area (Å²) in [4.78, 5) is 29.6. The summed E-state index contributed by atoms with van der Waals surface area (Å²) >= 11 is 3.38. The molecule has 0 saturated carbocycles. The third-order valence-corrected chi connectivity index (χ3v) is 4.06. The number of aromatic nitrogens is 1. The second kappa shape index (κ2) is 7.87. The fourth-order valence-corrected chi connectivity index (χ4v) is 2.61. The van der Waals surface area contributed by atoms with E-state index in [-0.39, 0.29) is 0 Å². The molecule has 0 aliphatic rings. The van der Waals surface area contributed by atoms with Gasteiger partial charge in [-0.15, -0.1) is 0 Å². The Hall–Kier alpha value is -2.21. The monoisotopic (exact) mass is 375 g/mol. The fourth-order valence-electron chi connectivity index (χ4n) is 2.02. The van der Waals surface area contributed by atoms with Crippen LogP contribution in [-0.2, 0) is 16.0 Å². The van der Waals surface area contributed by atoms with Crippen LogP contribution in [0.5, 0.6) is 0 Å². The Kier molecular flexibility index (Phi) is 5.87. The van der Waals surface area contributed by atoms with E-state index < -0.39 is 11.8 Å². The molecule has 120 valence electrons. The first kappa shape index (κ1) is 17.1. The molecule has 0 bridgehead atoms. The van der Waals surface area contributed by atoms with Gasteiger partial charge < -0.3 is 10.2 Å². The molecule has 0 saturated heterocycles. The van der Waals surface area contributed by atoms with Crippen LogP contribution in [0.2, 0.25) is 0 Å². The van der Waals surface area contributed by atoms with Crippen molar-refractivity contribution < 1.29 is 9.59 Å². The highest BCUT2D eigenvalue weighted by molar-refractivity contribution is 9.10. The maximum atomic E-state index is 12.1. The molecule has 1 aromatic heterocycles. The van der Waals surface area contributed by atoms with Crippen LogP contribution in [0.25, 0.3) is 0 Å². The third-order valence-electron chi connectivity index (χ3n) is 3.40. The zero-order valence-electron chi connectivity index (χ0n) is 13.0. The van der Waals surface area contributed by atoms with Gasteiger partial charge in [-0.1, -0.05) is 6.07 Å². The summed E-state index contributed by atoms with van der Waals surface area (Å²) in [5, 5.41) is 2.63. The Bertz CT molecular complexity index is 704. The number of likely N-dealkylation sites (N-methyl/N-ethyl adjacent to an activating group) is 1. The maximum Gasteiger partial charge on any atom is 0.313 e. The number of amides is 2. The summed E-state index contributed by atoms with van der Waals surface area (Å²) in [5.41, 5.74) is 2.72. The third kappa shape index (κ3) is 4.89. The summed E-state index contributed by atoms with van der Waals surface area (Å²) < 4.78 is 0.748. The van der Waals surface area contributed by atoms with E-state index in [0.717, 1.165) is 15.6 Å². The number of benzene rings is 1. The molecule has 0 aliphatic heterocycles. The maximum absolute atomic E-state index is 12.1. The number of nitrogens with zero attached hydrogens (tertiary/aromatic N) is 2. The Morgan fingerprint density at radius 1 is 1.22 bits per heavy atom. The summed E-state index contributed by atoms with van der Waals surface area (Å²) in [6, 6.07) is 9.30. The number of halogens is 1. The van der Waals surface area contributed by atoms with E-state index in [1.807, 2.05) is 31.2 Å². The first-order valence-electron chi connectivity index (χ1n) is 7.19. The van der Waals surface area contributed by atoms with Gasteiger partial charge in [-0.25, -0.2) is 0 Å². The van der Waals surface area contributed by atoms with E-state index in [1.165, 1.54) is 4.90 Å². The minimum Gasteiger partial charge on any atom is -0.337 e. The van der Waals surface area contributed by atoms with Crippen molar-refractivity contribution in [3.63, 3.8) is 0 Å². The van der Waals surface area contributed by atoms with Gasteiger partial charge in [0.15, 0.2) is 0 Å². The van der Waals surface area contributed by atoms with E-state index in [4.69, 9.17) is 0 Å². The topological polar surface area (TPSA) is 62.3 Å². The fraction of sp³-hybridized carbons (Fsp3) is 0.235. The van der Waals surface area contributed by atoms with Gasteiger partial charge in [0, 0.05) is 30.5 Å². The molecule has 6 heteroatoms. The summed E-state index contributed by atoms with van der Waals surface area (Å²) in [6.45, 7) is 2.42. The smallest absolute Gasteiger partial charge is 0.313 e. The van der Waals surface area contributed by atoms with Crippen LogP contribution >= 0.6 is 15.9 Å². The molecule has 0 unspecified atom stereocenters. The lowest BCUT2D eigenvalue weighted by atomic mass is 10.2. The molecule has 2 rings (SSSR count). The van der Waals surface area contributed by atoms with Crippen LogP contribution in [0.3, 0.4) is 0 Å². The molecule has 0 atom stereocenters. The Labute approximate surface area is 143 Å². The molecule has 0 radical (unpaired) electrons. The van der Waals surface area contributed by atoms with Gasteiger partial charge in [-0.3, -0.25) is 14.6 Å². The summed E-state index contributed by atoms with van der Waals surface area (Å²) in [5.74, 6) is -1.21. The molecule has 1 N–H and O–H groups in total. The van der Waals surface area contributed by atoms with Crippen molar-refractivity contribution in [3.05, 3.63) is 58.3 Å². The number of pyridine rings is 1. The van der Waals surface area contributed by atoms with Crippen LogP contribution < -0.4 is 5.32 Å². The highest BCUT2D eigenvalue weighted by Crippen LogP contribution is 2.23. The molecular weight excluding hydrogens is 358 g/mol. The SMILES string of the molecule is Cc1ccc(NC(=O)C(=O)N(C)CCc2ccncc2)c(Br)c1. The number of nitrogens with one attached hydrogen (secondary N) is 1. The lowest BCUT2D eigenvalue weighted by molar-refractivity contribution is -0.142. The normalized spacial score (nSPS) is 10.2. The van der Waals surface area contributed by atoms with Gasteiger partial charge >= 0.3 is 11.8 Å². The lowest BCUT2D eigenvalue weighted by Gasteiger charge is -2.17. The van der Waals surface area contributed by atoms with E-state index >= 15 is 0 Å². The van der Waals surface area contributed by atoms with E-state index in [9.17, 15) is 9.59 Å². The summed E-state index contributed by atoms with van der Waals surface area (Å²) in [6.07, 6.45) is 4.09. The van der Waals surface area contributed by atoms with Crippen LogP contribution in [0, 0.1) is 6.92 Å².